The molecule has 1 aliphatic rings. The SMILES string of the molecule is COc1ccccc1CN1C(=O)C(=C(O)N(C)CC(=O)O)C(O)N(Cc2ccccc2OC)C1=O. The van der Waals surface area contributed by atoms with Gasteiger partial charge in [0.1, 0.15) is 23.6 Å². The Morgan fingerprint density at radius 1 is 0.943 bits per heavy atom. The summed E-state index contributed by atoms with van der Waals surface area (Å²) in [5, 5.41) is 30.9. The Kier molecular flexibility index (Phi) is 7.82. The second-order valence-corrected chi connectivity index (χ2v) is 7.79. The first kappa shape index (κ1) is 25.4. The van der Waals surface area contributed by atoms with Crippen molar-refractivity contribution in [2.24, 2.45) is 0 Å². The van der Waals surface area contributed by atoms with E-state index in [9.17, 15) is 24.6 Å². The maximum atomic E-state index is 13.4. The fourth-order valence-electron chi connectivity index (χ4n) is 3.77. The average Bonchev–Trinajstić information content (AvgIpc) is 2.84. The Morgan fingerprint density at radius 2 is 1.46 bits per heavy atom. The van der Waals surface area contributed by atoms with E-state index in [1.165, 1.54) is 21.3 Å². The van der Waals surface area contributed by atoms with Crippen molar-refractivity contribution < 1.29 is 39.2 Å². The second-order valence-electron chi connectivity index (χ2n) is 7.79. The highest BCUT2D eigenvalue weighted by atomic mass is 16.5. The molecule has 1 aliphatic heterocycles. The third-order valence-electron chi connectivity index (χ3n) is 5.53. The number of benzene rings is 2. The van der Waals surface area contributed by atoms with E-state index in [0.29, 0.717) is 22.6 Å². The molecule has 11 heteroatoms. The van der Waals surface area contributed by atoms with Crippen molar-refractivity contribution in [3.8, 4) is 11.5 Å². The fraction of sp³-hybridized carbons (Fsp3) is 0.292. The van der Waals surface area contributed by atoms with Crippen LogP contribution >= 0.6 is 0 Å². The normalized spacial score (nSPS) is 17.3. The zero-order valence-corrected chi connectivity index (χ0v) is 19.5. The Balaban J connectivity index is 2.08. The number of likely N-dealkylation sites (N-methyl/N-ethyl adjacent to an activating group) is 1. The van der Waals surface area contributed by atoms with Gasteiger partial charge in [-0.15, -0.1) is 0 Å². The van der Waals surface area contributed by atoms with Gasteiger partial charge in [-0.05, 0) is 12.1 Å². The highest BCUT2D eigenvalue weighted by molar-refractivity contribution is 6.07. The van der Waals surface area contributed by atoms with Gasteiger partial charge in [0.25, 0.3) is 5.91 Å². The molecule has 2 aromatic rings. The lowest BCUT2D eigenvalue weighted by molar-refractivity contribution is -0.139. The predicted molar refractivity (Wildman–Crippen MR) is 123 cm³/mol. The number of urea groups is 1. The molecular formula is C24H27N3O8. The molecule has 0 aromatic heterocycles. The quantitative estimate of drug-likeness (QED) is 0.358. The summed E-state index contributed by atoms with van der Waals surface area (Å²) in [5.41, 5.74) is 0.535. The zero-order valence-electron chi connectivity index (χ0n) is 19.5. The van der Waals surface area contributed by atoms with Crippen LogP contribution in [0.5, 0.6) is 11.5 Å². The van der Waals surface area contributed by atoms with E-state index >= 15 is 0 Å². The molecule has 2 aromatic carbocycles. The molecule has 1 unspecified atom stereocenters. The Labute approximate surface area is 202 Å². The van der Waals surface area contributed by atoms with Gasteiger partial charge in [-0.25, -0.2) is 4.79 Å². The number of carboxylic acid groups (broad SMARTS) is 1. The van der Waals surface area contributed by atoms with Crippen molar-refractivity contribution in [1.29, 1.82) is 0 Å². The van der Waals surface area contributed by atoms with Gasteiger partial charge in [0.05, 0.1) is 27.3 Å². The van der Waals surface area contributed by atoms with Crippen LogP contribution in [0, 0.1) is 0 Å². The van der Waals surface area contributed by atoms with E-state index in [2.05, 4.69) is 0 Å². The highest BCUT2D eigenvalue weighted by Crippen LogP contribution is 2.30. The second kappa shape index (κ2) is 10.8. The number of para-hydroxylation sites is 2. The first-order valence-electron chi connectivity index (χ1n) is 10.6. The van der Waals surface area contributed by atoms with Crippen molar-refractivity contribution in [1.82, 2.24) is 14.7 Å². The molecule has 1 fully saturated rings. The van der Waals surface area contributed by atoms with Crippen molar-refractivity contribution in [2.45, 2.75) is 19.3 Å². The average molecular weight is 485 g/mol. The molecule has 186 valence electrons. The topological polar surface area (TPSA) is 140 Å². The van der Waals surface area contributed by atoms with Crippen LogP contribution in [0.2, 0.25) is 0 Å². The maximum absolute atomic E-state index is 13.4. The van der Waals surface area contributed by atoms with Crippen molar-refractivity contribution in [2.75, 3.05) is 27.8 Å². The lowest BCUT2D eigenvalue weighted by atomic mass is 10.1. The van der Waals surface area contributed by atoms with Gasteiger partial charge in [-0.3, -0.25) is 19.4 Å². The minimum atomic E-state index is -1.84. The fourth-order valence-corrected chi connectivity index (χ4v) is 3.77. The number of aliphatic hydroxyl groups excluding tert-OH is 2. The molecule has 0 bridgehead atoms. The lowest BCUT2D eigenvalue weighted by Crippen LogP contribution is -2.58. The first-order chi connectivity index (χ1) is 16.7. The maximum Gasteiger partial charge on any atom is 0.329 e. The number of methoxy groups -OCH3 is 2. The van der Waals surface area contributed by atoms with Crippen LogP contribution in [-0.2, 0) is 22.7 Å². The van der Waals surface area contributed by atoms with Gasteiger partial charge in [-0.2, -0.15) is 0 Å². The van der Waals surface area contributed by atoms with Crippen LogP contribution in [0.4, 0.5) is 4.79 Å². The Hall–Kier alpha value is -4.25. The molecule has 3 rings (SSSR count). The van der Waals surface area contributed by atoms with Gasteiger partial charge < -0.3 is 29.7 Å². The molecular weight excluding hydrogens is 458 g/mol. The summed E-state index contributed by atoms with van der Waals surface area (Å²) in [6.45, 7) is -1.00. The molecule has 11 nitrogen and oxygen atoms in total. The van der Waals surface area contributed by atoms with E-state index in [0.717, 1.165) is 14.7 Å². The summed E-state index contributed by atoms with van der Waals surface area (Å²) in [6.07, 6.45) is -1.84. The molecule has 3 N–H and O–H groups in total. The van der Waals surface area contributed by atoms with E-state index in [1.807, 2.05) is 0 Å². The number of carbonyl (C=O) groups is 3. The monoisotopic (exact) mass is 485 g/mol. The smallest absolute Gasteiger partial charge is 0.329 e. The lowest BCUT2D eigenvalue weighted by Gasteiger charge is -2.40. The van der Waals surface area contributed by atoms with Crippen LogP contribution in [-0.4, -0.2) is 82.0 Å². The molecule has 1 saturated heterocycles. The van der Waals surface area contributed by atoms with Gasteiger partial charge in [0, 0.05) is 18.2 Å². The van der Waals surface area contributed by atoms with Crippen LogP contribution < -0.4 is 9.47 Å². The summed E-state index contributed by atoms with van der Waals surface area (Å²) in [6, 6.07) is 12.8. The standard InChI is InChI=1S/C24H27N3O8/c1-25(14-19(28)29)21(30)20-22(31)26(12-15-8-4-6-10-17(15)34-2)24(33)27(23(20)32)13-16-9-5-7-11-18(16)35-3/h4-11,22,30-31H,12-14H2,1-3H3,(H,28,29). The Morgan fingerprint density at radius 3 is 1.97 bits per heavy atom. The predicted octanol–water partition coefficient (Wildman–Crippen LogP) is 1.77. The van der Waals surface area contributed by atoms with Crippen LogP contribution in [0.25, 0.3) is 0 Å². The molecule has 0 spiro atoms. The largest absolute Gasteiger partial charge is 0.496 e. The van der Waals surface area contributed by atoms with Crippen LogP contribution in [0.3, 0.4) is 0 Å². The van der Waals surface area contributed by atoms with Crippen LogP contribution in [0.15, 0.2) is 60.0 Å². The van der Waals surface area contributed by atoms with Crippen molar-refractivity contribution >= 4 is 17.9 Å². The number of carboxylic acids is 1. The molecule has 35 heavy (non-hydrogen) atoms. The summed E-state index contributed by atoms with van der Waals surface area (Å²) >= 11 is 0. The molecule has 1 atom stereocenters. The van der Waals surface area contributed by atoms with Gasteiger partial charge in [0.2, 0.25) is 5.88 Å². The molecule has 0 aliphatic carbocycles. The number of ether oxygens (including phenoxy) is 2. The summed E-state index contributed by atoms with van der Waals surface area (Å²) in [5.74, 6) is -2.08. The minimum absolute atomic E-state index is 0.154. The third kappa shape index (κ3) is 5.30. The number of amides is 3. The molecule has 3 amide bonds. The number of nitrogens with zero attached hydrogens (tertiary/aromatic N) is 3. The van der Waals surface area contributed by atoms with Gasteiger partial charge >= 0.3 is 12.0 Å². The van der Waals surface area contributed by atoms with Gasteiger partial charge in [-0.1, -0.05) is 36.4 Å². The summed E-state index contributed by atoms with van der Waals surface area (Å²) in [4.78, 5) is 40.7. The summed E-state index contributed by atoms with van der Waals surface area (Å²) in [7, 11) is 4.17. The Bertz CT molecular complexity index is 1150. The highest BCUT2D eigenvalue weighted by Gasteiger charge is 2.45. The number of hydrogen-bond donors (Lipinski definition) is 3. The summed E-state index contributed by atoms with van der Waals surface area (Å²) < 4.78 is 10.7. The minimum Gasteiger partial charge on any atom is -0.496 e. The molecule has 0 radical (unpaired) electrons. The first-order valence-corrected chi connectivity index (χ1v) is 10.6. The van der Waals surface area contributed by atoms with Crippen molar-refractivity contribution in [3.63, 3.8) is 0 Å². The van der Waals surface area contributed by atoms with Gasteiger partial charge in [0.15, 0.2) is 6.23 Å². The number of carbonyl (C=O) groups excluding carboxylic acids is 2. The van der Waals surface area contributed by atoms with E-state index in [1.54, 1.807) is 48.5 Å². The van der Waals surface area contributed by atoms with E-state index in [4.69, 9.17) is 14.6 Å². The van der Waals surface area contributed by atoms with Crippen molar-refractivity contribution in [3.05, 3.63) is 71.1 Å². The number of aliphatic hydroxyl groups is 2. The molecule has 0 saturated carbocycles. The molecule has 1 heterocycles. The number of imide groups is 1. The van der Waals surface area contributed by atoms with E-state index in [-0.39, 0.29) is 13.1 Å². The number of aliphatic carboxylic acids is 1. The number of hydrogen-bond acceptors (Lipinski definition) is 8. The van der Waals surface area contributed by atoms with Crippen LogP contribution in [0.1, 0.15) is 11.1 Å². The third-order valence-corrected chi connectivity index (χ3v) is 5.53. The number of rotatable bonds is 9. The zero-order chi connectivity index (χ0) is 25.7. The van der Waals surface area contributed by atoms with E-state index < -0.39 is 42.1 Å².